The molecular weight excluding hydrogens is 246 g/mol. The molecule has 0 aliphatic carbocycles. The maximum Gasteiger partial charge on any atom is 0.322 e. The molecule has 3 rings (SSSR count). The first kappa shape index (κ1) is 10.1. The quantitative estimate of drug-likeness (QED) is 0.592. The SMILES string of the molecule is O=C1NC(=O)C(c2cc3cc(Cl)ncc3o2)N1. The summed E-state index contributed by atoms with van der Waals surface area (Å²) >= 11 is 5.74. The lowest BCUT2D eigenvalue weighted by Crippen LogP contribution is -2.22. The van der Waals surface area contributed by atoms with Crippen LogP contribution in [0, 0.1) is 0 Å². The van der Waals surface area contributed by atoms with Crippen LogP contribution in [0.2, 0.25) is 5.15 Å². The van der Waals surface area contributed by atoms with Crippen LogP contribution < -0.4 is 10.6 Å². The number of fused-ring (bicyclic) bond motifs is 1. The van der Waals surface area contributed by atoms with Crippen molar-refractivity contribution in [2.75, 3.05) is 0 Å². The molecule has 7 heteroatoms. The summed E-state index contributed by atoms with van der Waals surface area (Å²) in [6.07, 6.45) is 1.47. The molecule has 3 amide bonds. The summed E-state index contributed by atoms with van der Waals surface area (Å²) in [5.74, 6) is -0.0828. The molecule has 86 valence electrons. The Bertz CT molecular complexity index is 637. The predicted octanol–water partition coefficient (Wildman–Crippen LogP) is 1.36. The maximum atomic E-state index is 11.4. The Morgan fingerprint density at radius 2 is 2.18 bits per heavy atom. The van der Waals surface area contributed by atoms with Gasteiger partial charge in [-0.1, -0.05) is 11.6 Å². The van der Waals surface area contributed by atoms with E-state index in [1.807, 2.05) is 0 Å². The largest absolute Gasteiger partial charge is 0.457 e. The van der Waals surface area contributed by atoms with Gasteiger partial charge in [0, 0.05) is 5.39 Å². The highest BCUT2D eigenvalue weighted by molar-refractivity contribution is 6.30. The zero-order chi connectivity index (χ0) is 12.0. The van der Waals surface area contributed by atoms with Gasteiger partial charge in [0.25, 0.3) is 5.91 Å². The van der Waals surface area contributed by atoms with Gasteiger partial charge < -0.3 is 9.73 Å². The van der Waals surface area contributed by atoms with Crippen molar-refractivity contribution >= 4 is 34.5 Å². The number of halogens is 1. The summed E-state index contributed by atoms with van der Waals surface area (Å²) in [5.41, 5.74) is 0.512. The lowest BCUT2D eigenvalue weighted by molar-refractivity contribution is -0.120. The molecule has 1 atom stereocenters. The smallest absolute Gasteiger partial charge is 0.322 e. The van der Waals surface area contributed by atoms with Crippen LogP contribution in [-0.4, -0.2) is 16.9 Å². The maximum absolute atomic E-state index is 11.4. The minimum absolute atomic E-state index is 0.338. The van der Waals surface area contributed by atoms with Crippen LogP contribution in [-0.2, 0) is 4.79 Å². The molecule has 17 heavy (non-hydrogen) atoms. The monoisotopic (exact) mass is 251 g/mol. The van der Waals surface area contributed by atoms with Crippen molar-refractivity contribution in [3.8, 4) is 0 Å². The van der Waals surface area contributed by atoms with E-state index in [0.29, 0.717) is 16.5 Å². The van der Waals surface area contributed by atoms with Crippen LogP contribution in [0.15, 0.2) is 22.7 Å². The first-order chi connectivity index (χ1) is 8.13. The Labute approximate surface area is 99.9 Å². The fraction of sp³-hybridized carbons (Fsp3) is 0.100. The molecule has 1 aliphatic rings. The van der Waals surface area contributed by atoms with Gasteiger partial charge >= 0.3 is 6.03 Å². The first-order valence-corrected chi connectivity index (χ1v) is 5.17. The molecule has 0 aromatic carbocycles. The van der Waals surface area contributed by atoms with Crippen LogP contribution in [0.1, 0.15) is 11.8 Å². The van der Waals surface area contributed by atoms with E-state index >= 15 is 0 Å². The number of carbonyl (C=O) groups is 2. The molecule has 1 aliphatic heterocycles. The summed E-state index contributed by atoms with van der Waals surface area (Å²) in [7, 11) is 0. The molecular formula is C10H6ClN3O3. The number of hydrogen-bond acceptors (Lipinski definition) is 4. The van der Waals surface area contributed by atoms with Crippen molar-refractivity contribution in [2.45, 2.75) is 6.04 Å². The second-order valence-corrected chi connectivity index (χ2v) is 3.98. The summed E-state index contributed by atoms with van der Waals surface area (Å²) in [6.45, 7) is 0. The van der Waals surface area contributed by atoms with Crippen molar-refractivity contribution in [1.29, 1.82) is 0 Å². The van der Waals surface area contributed by atoms with Gasteiger partial charge in [0.05, 0.1) is 6.20 Å². The number of imide groups is 1. The van der Waals surface area contributed by atoms with Crippen LogP contribution in [0.3, 0.4) is 0 Å². The number of nitrogens with one attached hydrogen (secondary N) is 2. The number of rotatable bonds is 1. The fourth-order valence-corrected chi connectivity index (χ4v) is 1.87. The minimum atomic E-state index is -0.798. The second-order valence-electron chi connectivity index (χ2n) is 3.59. The number of amides is 3. The molecule has 0 saturated carbocycles. The van der Waals surface area contributed by atoms with Crippen LogP contribution in [0.5, 0.6) is 0 Å². The molecule has 2 N–H and O–H groups in total. The highest BCUT2D eigenvalue weighted by Crippen LogP contribution is 2.26. The Morgan fingerprint density at radius 1 is 1.35 bits per heavy atom. The average molecular weight is 252 g/mol. The van der Waals surface area contributed by atoms with E-state index in [0.717, 1.165) is 5.39 Å². The average Bonchev–Trinajstić information content (AvgIpc) is 2.80. The van der Waals surface area contributed by atoms with Gasteiger partial charge in [0.2, 0.25) is 0 Å². The molecule has 0 spiro atoms. The number of pyridine rings is 1. The van der Waals surface area contributed by atoms with Crippen molar-refractivity contribution in [3.05, 3.63) is 29.2 Å². The summed E-state index contributed by atoms with van der Waals surface area (Å²) in [5, 5.41) is 5.65. The Hall–Kier alpha value is -2.08. The van der Waals surface area contributed by atoms with Gasteiger partial charge in [-0.05, 0) is 12.1 Å². The molecule has 1 unspecified atom stereocenters. The topological polar surface area (TPSA) is 84.2 Å². The normalized spacial score (nSPS) is 19.5. The summed E-state index contributed by atoms with van der Waals surface area (Å²) in [6, 6.07) is 1.95. The van der Waals surface area contributed by atoms with Crippen LogP contribution in [0.25, 0.3) is 11.0 Å². The molecule has 1 fully saturated rings. The van der Waals surface area contributed by atoms with Crippen LogP contribution in [0.4, 0.5) is 4.79 Å². The summed E-state index contributed by atoms with van der Waals surface area (Å²) in [4.78, 5) is 26.3. The summed E-state index contributed by atoms with van der Waals surface area (Å²) < 4.78 is 5.43. The first-order valence-electron chi connectivity index (χ1n) is 4.80. The van der Waals surface area contributed by atoms with Crippen molar-refractivity contribution in [1.82, 2.24) is 15.6 Å². The number of carbonyl (C=O) groups excluding carboxylic acids is 2. The van der Waals surface area contributed by atoms with Crippen molar-refractivity contribution in [3.63, 3.8) is 0 Å². The van der Waals surface area contributed by atoms with Crippen molar-refractivity contribution in [2.24, 2.45) is 0 Å². The zero-order valence-electron chi connectivity index (χ0n) is 8.36. The van der Waals surface area contributed by atoms with E-state index < -0.39 is 18.0 Å². The van der Waals surface area contributed by atoms with E-state index in [-0.39, 0.29) is 0 Å². The van der Waals surface area contributed by atoms with E-state index in [1.54, 1.807) is 12.1 Å². The predicted molar refractivity (Wildman–Crippen MR) is 58.4 cm³/mol. The Balaban J connectivity index is 2.06. The van der Waals surface area contributed by atoms with Crippen LogP contribution >= 0.6 is 11.6 Å². The fourth-order valence-electron chi connectivity index (χ4n) is 1.70. The van der Waals surface area contributed by atoms with E-state index in [4.69, 9.17) is 16.0 Å². The zero-order valence-corrected chi connectivity index (χ0v) is 9.12. The molecule has 2 aromatic heterocycles. The second kappa shape index (κ2) is 3.46. The van der Waals surface area contributed by atoms with E-state index in [9.17, 15) is 9.59 Å². The van der Waals surface area contributed by atoms with Gasteiger partial charge in [-0.25, -0.2) is 9.78 Å². The highest BCUT2D eigenvalue weighted by Gasteiger charge is 2.33. The third kappa shape index (κ3) is 1.62. The minimum Gasteiger partial charge on any atom is -0.457 e. The Morgan fingerprint density at radius 3 is 2.88 bits per heavy atom. The molecule has 0 radical (unpaired) electrons. The number of hydrogen-bond donors (Lipinski definition) is 2. The third-order valence-corrected chi connectivity index (χ3v) is 2.66. The van der Waals surface area contributed by atoms with Gasteiger partial charge in [-0.15, -0.1) is 0 Å². The molecule has 0 bridgehead atoms. The van der Waals surface area contributed by atoms with Gasteiger partial charge in [-0.2, -0.15) is 0 Å². The van der Waals surface area contributed by atoms with E-state index in [1.165, 1.54) is 6.20 Å². The number of urea groups is 1. The van der Waals surface area contributed by atoms with Crippen molar-refractivity contribution < 1.29 is 14.0 Å². The molecule has 3 heterocycles. The standard InChI is InChI=1S/C10H6ClN3O3/c11-7-2-4-1-5(17-6(4)3-12-7)8-9(15)14-10(16)13-8/h1-3,8H,(H2,13,14,15,16). The third-order valence-electron chi connectivity index (χ3n) is 2.45. The van der Waals surface area contributed by atoms with E-state index in [2.05, 4.69) is 15.6 Å². The van der Waals surface area contributed by atoms with Gasteiger partial charge in [0.1, 0.15) is 10.9 Å². The Kier molecular flexibility index (Phi) is 2.05. The highest BCUT2D eigenvalue weighted by atomic mass is 35.5. The molecule has 1 saturated heterocycles. The number of furan rings is 1. The van der Waals surface area contributed by atoms with Gasteiger partial charge in [-0.3, -0.25) is 10.1 Å². The molecule has 6 nitrogen and oxygen atoms in total. The van der Waals surface area contributed by atoms with Gasteiger partial charge in [0.15, 0.2) is 11.6 Å². The number of nitrogens with zero attached hydrogens (tertiary/aromatic N) is 1. The number of aromatic nitrogens is 1. The lowest BCUT2D eigenvalue weighted by atomic mass is 10.2. The molecule has 2 aromatic rings. The lowest BCUT2D eigenvalue weighted by Gasteiger charge is -2.00.